The molecule has 0 aliphatic heterocycles. The molecule has 0 radical (unpaired) electrons. The van der Waals surface area contributed by atoms with Gasteiger partial charge in [0.15, 0.2) is 0 Å². The van der Waals surface area contributed by atoms with Gasteiger partial charge in [-0.2, -0.15) is 0 Å². The summed E-state index contributed by atoms with van der Waals surface area (Å²) in [5.41, 5.74) is 2.23. The molecule has 1 N–H and O–H groups in total. The van der Waals surface area contributed by atoms with Crippen molar-refractivity contribution in [2.45, 2.75) is 25.7 Å². The highest BCUT2D eigenvalue weighted by Gasteiger charge is 2.27. The maximum absolute atomic E-state index is 4.59. The van der Waals surface area contributed by atoms with Crippen LogP contribution in [0.25, 0.3) is 0 Å². The summed E-state index contributed by atoms with van der Waals surface area (Å²) in [4.78, 5) is 9.03. The maximum atomic E-state index is 4.59. The van der Waals surface area contributed by atoms with E-state index in [0.29, 0.717) is 5.92 Å². The number of nitrogens with zero attached hydrogens (tertiary/aromatic N) is 2. The minimum atomic E-state index is 0.543. The quantitative estimate of drug-likeness (QED) is 0.764. The number of benzene rings is 1. The van der Waals surface area contributed by atoms with Gasteiger partial charge in [0.2, 0.25) is 0 Å². The molecular weight excluding hydrogens is 370 g/mol. The molecule has 1 fully saturated rings. The number of hydrogen-bond acceptors (Lipinski definition) is 3. The molecule has 3 nitrogen and oxygen atoms in total. The van der Waals surface area contributed by atoms with E-state index in [1.54, 1.807) is 0 Å². The molecule has 1 aromatic heterocycles. The van der Waals surface area contributed by atoms with E-state index in [-0.39, 0.29) is 0 Å². The molecule has 1 aromatic carbocycles. The lowest BCUT2D eigenvalue weighted by molar-refractivity contribution is 0.919. The van der Waals surface area contributed by atoms with Crippen LogP contribution in [-0.2, 0) is 0 Å². The Morgan fingerprint density at radius 3 is 2.74 bits per heavy atom. The zero-order valence-corrected chi connectivity index (χ0v) is 13.6. The van der Waals surface area contributed by atoms with Crippen LogP contribution in [0.4, 0.5) is 11.5 Å². The highest BCUT2D eigenvalue weighted by atomic mass is 79.9. The molecule has 98 valence electrons. The van der Waals surface area contributed by atoms with Crippen LogP contribution in [0.15, 0.2) is 33.3 Å². The van der Waals surface area contributed by atoms with Gasteiger partial charge in [-0.3, -0.25) is 0 Å². The van der Waals surface area contributed by atoms with Crippen molar-refractivity contribution in [3.8, 4) is 0 Å². The van der Waals surface area contributed by atoms with Crippen molar-refractivity contribution in [2.24, 2.45) is 0 Å². The van der Waals surface area contributed by atoms with Crippen LogP contribution < -0.4 is 5.32 Å². The Balaban J connectivity index is 1.92. The van der Waals surface area contributed by atoms with Gasteiger partial charge < -0.3 is 5.32 Å². The standard InChI is InChI=1S/C14H13Br2N3/c1-8-10(15)3-2-4-11(8)17-13-7-12(16)18-14(19-13)9-5-6-9/h2-4,7,9H,5-6H2,1H3,(H,17,18,19). The summed E-state index contributed by atoms with van der Waals surface area (Å²) in [5, 5.41) is 3.37. The predicted molar refractivity (Wildman–Crippen MR) is 83.9 cm³/mol. The van der Waals surface area contributed by atoms with Crippen LogP contribution in [0.2, 0.25) is 0 Å². The molecule has 2 aromatic rings. The first kappa shape index (κ1) is 13.1. The molecule has 0 unspecified atom stereocenters. The van der Waals surface area contributed by atoms with E-state index in [1.807, 2.05) is 24.3 Å². The minimum Gasteiger partial charge on any atom is -0.340 e. The third-order valence-corrected chi connectivity index (χ3v) is 4.45. The van der Waals surface area contributed by atoms with E-state index in [4.69, 9.17) is 0 Å². The first-order valence-electron chi connectivity index (χ1n) is 6.20. The van der Waals surface area contributed by atoms with Gasteiger partial charge in [-0.25, -0.2) is 9.97 Å². The Hall–Kier alpha value is -0.940. The van der Waals surface area contributed by atoms with E-state index in [9.17, 15) is 0 Å². The molecule has 0 amide bonds. The van der Waals surface area contributed by atoms with Crippen molar-refractivity contribution in [2.75, 3.05) is 5.32 Å². The fourth-order valence-electron chi connectivity index (χ4n) is 1.90. The van der Waals surface area contributed by atoms with Gasteiger partial charge in [-0.05, 0) is 53.4 Å². The van der Waals surface area contributed by atoms with E-state index in [0.717, 1.165) is 26.4 Å². The second-order valence-corrected chi connectivity index (χ2v) is 6.41. The number of anilines is 2. The molecule has 1 heterocycles. The van der Waals surface area contributed by atoms with Crippen molar-refractivity contribution in [1.82, 2.24) is 9.97 Å². The normalized spacial score (nSPS) is 14.5. The van der Waals surface area contributed by atoms with Crippen molar-refractivity contribution in [3.05, 3.63) is 44.7 Å². The number of nitrogens with one attached hydrogen (secondary N) is 1. The van der Waals surface area contributed by atoms with E-state index in [2.05, 4.69) is 54.1 Å². The van der Waals surface area contributed by atoms with Crippen molar-refractivity contribution in [3.63, 3.8) is 0 Å². The van der Waals surface area contributed by atoms with Crippen molar-refractivity contribution < 1.29 is 0 Å². The number of halogens is 2. The third kappa shape index (κ3) is 2.98. The lowest BCUT2D eigenvalue weighted by Gasteiger charge is -2.11. The van der Waals surface area contributed by atoms with Crippen LogP contribution in [0.5, 0.6) is 0 Å². The highest BCUT2D eigenvalue weighted by molar-refractivity contribution is 9.10. The Morgan fingerprint density at radius 1 is 1.21 bits per heavy atom. The zero-order valence-electron chi connectivity index (χ0n) is 10.5. The van der Waals surface area contributed by atoms with Gasteiger partial charge in [0.1, 0.15) is 16.2 Å². The topological polar surface area (TPSA) is 37.8 Å². The lowest BCUT2D eigenvalue weighted by atomic mass is 10.2. The Bertz CT molecular complexity index is 624. The van der Waals surface area contributed by atoms with Crippen LogP contribution in [0, 0.1) is 6.92 Å². The highest BCUT2D eigenvalue weighted by Crippen LogP contribution is 2.39. The Kier molecular flexibility index (Phi) is 3.58. The van der Waals surface area contributed by atoms with E-state index < -0.39 is 0 Å². The average molecular weight is 383 g/mol. The molecule has 1 aliphatic rings. The third-order valence-electron chi connectivity index (χ3n) is 3.19. The summed E-state index contributed by atoms with van der Waals surface area (Å²) < 4.78 is 1.92. The Labute approximate surface area is 129 Å². The van der Waals surface area contributed by atoms with Gasteiger partial charge in [0, 0.05) is 22.1 Å². The summed E-state index contributed by atoms with van der Waals surface area (Å²) in [6.07, 6.45) is 2.40. The summed E-state index contributed by atoms with van der Waals surface area (Å²) in [5.74, 6) is 2.32. The fraction of sp³-hybridized carbons (Fsp3) is 0.286. The van der Waals surface area contributed by atoms with Gasteiger partial charge >= 0.3 is 0 Å². The predicted octanol–water partition coefficient (Wildman–Crippen LogP) is 4.93. The van der Waals surface area contributed by atoms with Crippen LogP contribution in [-0.4, -0.2) is 9.97 Å². The summed E-state index contributed by atoms with van der Waals surface area (Å²) in [6.45, 7) is 2.07. The smallest absolute Gasteiger partial charge is 0.135 e. The molecule has 0 bridgehead atoms. The van der Waals surface area contributed by atoms with Crippen LogP contribution >= 0.6 is 31.9 Å². The molecule has 3 rings (SSSR count). The summed E-state index contributed by atoms with van der Waals surface area (Å²) in [7, 11) is 0. The molecule has 1 aliphatic carbocycles. The number of hydrogen-bond donors (Lipinski definition) is 1. The second-order valence-electron chi connectivity index (χ2n) is 4.75. The molecule has 19 heavy (non-hydrogen) atoms. The fourth-order valence-corrected chi connectivity index (χ4v) is 2.67. The summed E-state index contributed by atoms with van der Waals surface area (Å²) in [6, 6.07) is 8.00. The number of rotatable bonds is 3. The van der Waals surface area contributed by atoms with Gasteiger partial charge in [-0.1, -0.05) is 22.0 Å². The molecule has 1 saturated carbocycles. The molecule has 0 spiro atoms. The zero-order chi connectivity index (χ0) is 13.4. The summed E-state index contributed by atoms with van der Waals surface area (Å²) >= 11 is 6.99. The first-order chi connectivity index (χ1) is 9.13. The molecule has 0 atom stereocenters. The van der Waals surface area contributed by atoms with Gasteiger partial charge in [-0.15, -0.1) is 0 Å². The number of aromatic nitrogens is 2. The van der Waals surface area contributed by atoms with Gasteiger partial charge in [0.05, 0.1) is 0 Å². The lowest BCUT2D eigenvalue weighted by Crippen LogP contribution is -2.01. The van der Waals surface area contributed by atoms with Crippen LogP contribution in [0.3, 0.4) is 0 Å². The van der Waals surface area contributed by atoms with E-state index in [1.165, 1.54) is 18.4 Å². The monoisotopic (exact) mass is 381 g/mol. The van der Waals surface area contributed by atoms with Crippen LogP contribution in [0.1, 0.15) is 30.1 Å². The van der Waals surface area contributed by atoms with Gasteiger partial charge in [0.25, 0.3) is 0 Å². The van der Waals surface area contributed by atoms with Crippen molar-refractivity contribution >= 4 is 43.4 Å². The SMILES string of the molecule is Cc1c(Br)cccc1Nc1cc(Br)nc(C2CC2)n1. The molecule has 5 heteroatoms. The largest absolute Gasteiger partial charge is 0.340 e. The van der Waals surface area contributed by atoms with E-state index >= 15 is 0 Å². The van der Waals surface area contributed by atoms with Crippen molar-refractivity contribution in [1.29, 1.82) is 0 Å². The molecule has 0 saturated heterocycles. The second kappa shape index (κ2) is 5.21. The first-order valence-corrected chi connectivity index (χ1v) is 7.78. The Morgan fingerprint density at radius 2 is 2.00 bits per heavy atom. The average Bonchev–Trinajstić information content (AvgIpc) is 3.18. The maximum Gasteiger partial charge on any atom is 0.135 e. The molecular formula is C14H13Br2N3. The minimum absolute atomic E-state index is 0.543.